The second kappa shape index (κ2) is 7.77. The van der Waals surface area contributed by atoms with Gasteiger partial charge in [-0.05, 0) is 55.2 Å². The van der Waals surface area contributed by atoms with E-state index in [9.17, 15) is 9.59 Å². The van der Waals surface area contributed by atoms with Crippen molar-refractivity contribution in [1.29, 1.82) is 0 Å². The molecule has 1 atom stereocenters. The van der Waals surface area contributed by atoms with Crippen molar-refractivity contribution in [3.8, 4) is 0 Å². The van der Waals surface area contributed by atoms with Gasteiger partial charge in [0.15, 0.2) is 0 Å². The summed E-state index contributed by atoms with van der Waals surface area (Å²) in [5, 5.41) is 3.73. The lowest BCUT2D eigenvalue weighted by molar-refractivity contribution is -0.138. The van der Waals surface area contributed by atoms with E-state index in [1.807, 2.05) is 30.9 Å². The molecule has 1 saturated heterocycles. The highest BCUT2D eigenvalue weighted by atomic mass is 35.5. The van der Waals surface area contributed by atoms with Gasteiger partial charge in [-0.15, -0.1) is 0 Å². The third-order valence-corrected chi connectivity index (χ3v) is 5.58. The number of likely N-dealkylation sites (tertiary alicyclic amines) is 1. The highest BCUT2D eigenvalue weighted by Crippen LogP contribution is 2.31. The van der Waals surface area contributed by atoms with Crippen molar-refractivity contribution in [2.24, 2.45) is 11.8 Å². The number of nitrogens with one attached hydrogen (secondary N) is 1. The van der Waals surface area contributed by atoms with Crippen molar-refractivity contribution < 1.29 is 9.59 Å². The maximum atomic E-state index is 12.9. The largest absolute Gasteiger partial charge is 0.344 e. The van der Waals surface area contributed by atoms with Crippen molar-refractivity contribution >= 4 is 23.4 Å². The highest BCUT2D eigenvalue weighted by molar-refractivity contribution is 6.30. The molecule has 25 heavy (non-hydrogen) atoms. The summed E-state index contributed by atoms with van der Waals surface area (Å²) in [5.74, 6) is 0.815. The van der Waals surface area contributed by atoms with Gasteiger partial charge in [0.05, 0.1) is 0 Å². The van der Waals surface area contributed by atoms with E-state index in [1.165, 1.54) is 5.56 Å². The lowest BCUT2D eigenvalue weighted by Gasteiger charge is -2.35. The Bertz CT molecular complexity index is 617. The number of hydrogen-bond acceptors (Lipinski definition) is 2. The second-order valence-electron chi connectivity index (χ2n) is 7.66. The fraction of sp³-hybridized carbons (Fsp3) is 0.600. The highest BCUT2D eigenvalue weighted by Gasteiger charge is 2.36. The quantitative estimate of drug-likeness (QED) is 0.870. The van der Waals surface area contributed by atoms with E-state index in [-0.39, 0.29) is 23.7 Å². The van der Waals surface area contributed by atoms with Crippen LogP contribution in [-0.2, 0) is 9.59 Å². The smallest absolute Gasteiger partial charge is 0.245 e. The number of rotatable bonds is 5. The zero-order chi connectivity index (χ0) is 18.0. The number of carbonyl (C=O) groups excluding carboxylic acids is 2. The molecule has 1 N–H and O–H groups in total. The summed E-state index contributed by atoms with van der Waals surface area (Å²) in [6, 6.07) is 7.61. The van der Waals surface area contributed by atoms with Crippen LogP contribution in [0.25, 0.3) is 0 Å². The van der Waals surface area contributed by atoms with Gasteiger partial charge in [0.2, 0.25) is 11.8 Å². The van der Waals surface area contributed by atoms with Gasteiger partial charge in [-0.2, -0.15) is 0 Å². The minimum atomic E-state index is -0.403. The van der Waals surface area contributed by atoms with Crippen LogP contribution in [0.4, 0.5) is 0 Å². The van der Waals surface area contributed by atoms with Gasteiger partial charge < -0.3 is 10.2 Å². The number of benzene rings is 1. The molecule has 2 amide bonds. The zero-order valence-corrected chi connectivity index (χ0v) is 15.8. The molecule has 1 aromatic rings. The maximum absolute atomic E-state index is 12.9. The molecular formula is C20H27ClN2O2. The van der Waals surface area contributed by atoms with Crippen LogP contribution in [0.2, 0.25) is 5.02 Å². The van der Waals surface area contributed by atoms with Crippen molar-refractivity contribution in [2.45, 2.75) is 51.5 Å². The van der Waals surface area contributed by atoms with E-state index >= 15 is 0 Å². The van der Waals surface area contributed by atoms with E-state index in [0.29, 0.717) is 5.92 Å². The van der Waals surface area contributed by atoms with Crippen LogP contribution in [0.3, 0.4) is 0 Å². The van der Waals surface area contributed by atoms with Gasteiger partial charge in [0.1, 0.15) is 6.04 Å². The van der Waals surface area contributed by atoms with Crippen LogP contribution in [0.5, 0.6) is 0 Å². The van der Waals surface area contributed by atoms with Crippen LogP contribution < -0.4 is 5.32 Å². The van der Waals surface area contributed by atoms with Crippen molar-refractivity contribution in [1.82, 2.24) is 10.2 Å². The molecule has 4 nitrogen and oxygen atoms in total. The minimum absolute atomic E-state index is 0.0445. The fourth-order valence-corrected chi connectivity index (χ4v) is 3.62. The Labute approximate surface area is 154 Å². The Morgan fingerprint density at radius 3 is 2.20 bits per heavy atom. The van der Waals surface area contributed by atoms with E-state index < -0.39 is 6.04 Å². The Kier molecular flexibility index (Phi) is 5.67. The average Bonchev–Trinajstić information content (AvgIpc) is 3.44. The van der Waals surface area contributed by atoms with E-state index in [2.05, 4.69) is 17.4 Å². The van der Waals surface area contributed by atoms with Crippen LogP contribution in [0.15, 0.2) is 24.3 Å². The Balaban J connectivity index is 1.57. The Morgan fingerprint density at radius 2 is 1.68 bits per heavy atom. The summed E-state index contributed by atoms with van der Waals surface area (Å²) in [5.41, 5.74) is 1.29. The summed E-state index contributed by atoms with van der Waals surface area (Å²) < 4.78 is 0. The minimum Gasteiger partial charge on any atom is -0.344 e. The van der Waals surface area contributed by atoms with E-state index in [0.717, 1.165) is 43.8 Å². The molecule has 2 aliphatic rings. The normalized spacial score (nSPS) is 19.8. The number of nitrogens with zero attached hydrogens (tertiary/aromatic N) is 1. The first-order chi connectivity index (χ1) is 12.0. The van der Waals surface area contributed by atoms with Crippen LogP contribution in [-0.4, -0.2) is 35.8 Å². The SMILES string of the molecule is CC(C)[C@@H](NC(=O)C1CC1)C(=O)N1CCC(c2ccc(Cl)cc2)CC1. The van der Waals surface area contributed by atoms with Crippen molar-refractivity contribution in [3.05, 3.63) is 34.9 Å². The molecule has 3 rings (SSSR count). The number of hydrogen-bond donors (Lipinski definition) is 1. The van der Waals surface area contributed by atoms with Crippen LogP contribution in [0.1, 0.15) is 51.0 Å². The Hall–Kier alpha value is -1.55. The molecular weight excluding hydrogens is 336 g/mol. The first kappa shape index (κ1) is 18.2. The molecule has 5 heteroatoms. The van der Waals surface area contributed by atoms with Gasteiger partial charge in [0.25, 0.3) is 0 Å². The molecule has 0 unspecified atom stereocenters. The number of piperidine rings is 1. The number of amides is 2. The topological polar surface area (TPSA) is 49.4 Å². The molecule has 0 radical (unpaired) electrons. The van der Waals surface area contributed by atoms with E-state index in [1.54, 1.807) is 0 Å². The van der Waals surface area contributed by atoms with Gasteiger partial charge in [0, 0.05) is 24.0 Å². The molecule has 136 valence electrons. The molecule has 1 heterocycles. The predicted molar refractivity (Wildman–Crippen MR) is 99.5 cm³/mol. The third-order valence-electron chi connectivity index (χ3n) is 5.33. The summed E-state index contributed by atoms with van der Waals surface area (Å²) in [6.07, 6.45) is 3.82. The third kappa shape index (κ3) is 4.55. The number of carbonyl (C=O) groups is 2. The summed E-state index contributed by atoms with van der Waals surface area (Å²) >= 11 is 5.96. The molecule has 1 saturated carbocycles. The molecule has 0 bridgehead atoms. The fourth-order valence-electron chi connectivity index (χ4n) is 3.50. The lowest BCUT2D eigenvalue weighted by atomic mass is 9.89. The second-order valence-corrected chi connectivity index (χ2v) is 8.09. The zero-order valence-electron chi connectivity index (χ0n) is 15.0. The summed E-state index contributed by atoms with van der Waals surface area (Å²) in [6.45, 7) is 5.48. The first-order valence-corrected chi connectivity index (χ1v) is 9.68. The summed E-state index contributed by atoms with van der Waals surface area (Å²) in [7, 11) is 0. The maximum Gasteiger partial charge on any atom is 0.245 e. The lowest BCUT2D eigenvalue weighted by Crippen LogP contribution is -2.53. The van der Waals surface area contributed by atoms with E-state index in [4.69, 9.17) is 11.6 Å². The standard InChI is InChI=1S/C20H27ClN2O2/c1-13(2)18(22-19(24)16-3-4-16)20(25)23-11-9-15(10-12-23)14-5-7-17(21)8-6-14/h5-8,13,15-16,18H,3-4,9-12H2,1-2H3,(H,22,24)/t18-/m1/s1. The van der Waals surface area contributed by atoms with Crippen LogP contribution >= 0.6 is 11.6 Å². The molecule has 1 aliphatic heterocycles. The predicted octanol–water partition coefficient (Wildman–Crippen LogP) is 3.60. The molecule has 2 fully saturated rings. The van der Waals surface area contributed by atoms with Gasteiger partial charge in [-0.1, -0.05) is 37.6 Å². The molecule has 0 spiro atoms. The van der Waals surface area contributed by atoms with Gasteiger partial charge in [-0.3, -0.25) is 9.59 Å². The Morgan fingerprint density at radius 1 is 1.08 bits per heavy atom. The van der Waals surface area contributed by atoms with Crippen molar-refractivity contribution in [3.63, 3.8) is 0 Å². The monoisotopic (exact) mass is 362 g/mol. The van der Waals surface area contributed by atoms with Crippen molar-refractivity contribution in [2.75, 3.05) is 13.1 Å². The van der Waals surface area contributed by atoms with Gasteiger partial charge in [-0.25, -0.2) is 0 Å². The molecule has 0 aromatic heterocycles. The average molecular weight is 363 g/mol. The van der Waals surface area contributed by atoms with Gasteiger partial charge >= 0.3 is 0 Å². The first-order valence-electron chi connectivity index (χ1n) is 9.30. The van der Waals surface area contributed by atoms with Crippen LogP contribution in [0, 0.1) is 11.8 Å². The number of halogens is 1. The summed E-state index contributed by atoms with van der Waals surface area (Å²) in [4.78, 5) is 26.9. The molecule has 1 aromatic carbocycles. The molecule has 1 aliphatic carbocycles.